The molecule has 0 unspecified atom stereocenters. The van der Waals surface area contributed by atoms with Crippen molar-refractivity contribution < 1.29 is 9.26 Å². The summed E-state index contributed by atoms with van der Waals surface area (Å²) in [5.74, 6) is 1.54. The molecule has 0 atom stereocenters. The number of nitrogens with zero attached hydrogens (tertiary/aromatic N) is 3. The van der Waals surface area contributed by atoms with Crippen molar-refractivity contribution in [3.8, 4) is 28.6 Å². The third kappa shape index (κ3) is 2.91. The predicted molar refractivity (Wildman–Crippen MR) is 84.3 cm³/mol. The average molecular weight is 336 g/mol. The molecule has 0 saturated heterocycles. The second-order valence-corrected chi connectivity index (χ2v) is 5.38. The molecule has 1 aromatic carbocycles. The smallest absolute Gasteiger partial charge is 0.258 e. The summed E-state index contributed by atoms with van der Waals surface area (Å²) in [7, 11) is 1.62. The van der Waals surface area contributed by atoms with Crippen LogP contribution in [0.1, 0.15) is 5.56 Å². The lowest BCUT2D eigenvalue weighted by molar-refractivity contribution is 0.411. The molecule has 0 radical (unpaired) electrons. The standard InChI is InChI=1S/C15H11Cl2N3O2/c1-8-3-4-9(5-11(8)21-2)14-19-15(22-20-14)10-6-12(16)18-13(17)7-10/h3-7H,1-2H3. The summed E-state index contributed by atoms with van der Waals surface area (Å²) in [6.07, 6.45) is 0. The van der Waals surface area contributed by atoms with E-state index < -0.39 is 0 Å². The van der Waals surface area contributed by atoms with Crippen LogP contribution in [-0.4, -0.2) is 22.2 Å². The van der Waals surface area contributed by atoms with Gasteiger partial charge in [-0.15, -0.1) is 0 Å². The monoisotopic (exact) mass is 335 g/mol. The van der Waals surface area contributed by atoms with E-state index in [0.717, 1.165) is 16.9 Å². The maximum Gasteiger partial charge on any atom is 0.258 e. The van der Waals surface area contributed by atoms with Gasteiger partial charge in [-0.1, -0.05) is 40.5 Å². The third-order valence-electron chi connectivity index (χ3n) is 3.10. The summed E-state index contributed by atoms with van der Waals surface area (Å²) in [6, 6.07) is 8.92. The van der Waals surface area contributed by atoms with E-state index in [-0.39, 0.29) is 10.3 Å². The lowest BCUT2D eigenvalue weighted by Gasteiger charge is -2.04. The van der Waals surface area contributed by atoms with Gasteiger partial charge in [-0.3, -0.25) is 0 Å². The number of aromatic nitrogens is 3. The Labute approximate surface area is 136 Å². The zero-order valence-corrected chi connectivity index (χ0v) is 13.3. The fraction of sp³-hybridized carbons (Fsp3) is 0.133. The number of ether oxygens (including phenoxy) is 1. The van der Waals surface area contributed by atoms with Gasteiger partial charge in [0.15, 0.2) is 0 Å². The van der Waals surface area contributed by atoms with Crippen molar-refractivity contribution in [3.05, 3.63) is 46.2 Å². The van der Waals surface area contributed by atoms with Crippen LogP contribution in [0, 0.1) is 6.92 Å². The van der Waals surface area contributed by atoms with E-state index in [0.29, 0.717) is 17.3 Å². The highest BCUT2D eigenvalue weighted by atomic mass is 35.5. The minimum Gasteiger partial charge on any atom is -0.496 e. The molecule has 0 aliphatic rings. The maximum atomic E-state index is 5.88. The molecule has 7 heteroatoms. The zero-order chi connectivity index (χ0) is 15.7. The molecule has 112 valence electrons. The fourth-order valence-corrected chi connectivity index (χ4v) is 2.47. The quantitative estimate of drug-likeness (QED) is 0.663. The van der Waals surface area contributed by atoms with E-state index in [2.05, 4.69) is 15.1 Å². The Bertz CT molecular complexity index is 813. The summed E-state index contributed by atoms with van der Waals surface area (Å²) >= 11 is 11.8. The molecule has 0 fully saturated rings. The van der Waals surface area contributed by atoms with E-state index in [1.54, 1.807) is 19.2 Å². The second-order valence-electron chi connectivity index (χ2n) is 4.61. The van der Waals surface area contributed by atoms with Crippen molar-refractivity contribution >= 4 is 23.2 Å². The van der Waals surface area contributed by atoms with E-state index in [9.17, 15) is 0 Å². The lowest BCUT2D eigenvalue weighted by Crippen LogP contribution is -1.89. The van der Waals surface area contributed by atoms with Crippen LogP contribution < -0.4 is 4.74 Å². The van der Waals surface area contributed by atoms with Crippen LogP contribution in [0.4, 0.5) is 0 Å². The van der Waals surface area contributed by atoms with Crippen molar-refractivity contribution in [1.29, 1.82) is 0 Å². The number of methoxy groups -OCH3 is 1. The van der Waals surface area contributed by atoms with Gasteiger partial charge in [-0.2, -0.15) is 4.98 Å². The number of benzene rings is 1. The number of hydrogen-bond donors (Lipinski definition) is 0. The topological polar surface area (TPSA) is 61.0 Å². The van der Waals surface area contributed by atoms with Crippen molar-refractivity contribution in [2.45, 2.75) is 6.92 Å². The summed E-state index contributed by atoms with van der Waals surface area (Å²) in [5.41, 5.74) is 2.44. The molecule has 3 aromatic rings. The zero-order valence-electron chi connectivity index (χ0n) is 11.8. The molecule has 5 nitrogen and oxygen atoms in total. The Hall–Kier alpha value is -2.11. The Kier molecular flexibility index (Phi) is 4.00. The normalized spacial score (nSPS) is 10.7. The molecular formula is C15H11Cl2N3O2. The van der Waals surface area contributed by atoms with Gasteiger partial charge in [0.2, 0.25) is 5.82 Å². The SMILES string of the molecule is COc1cc(-c2noc(-c3cc(Cl)nc(Cl)c3)n2)ccc1C. The highest BCUT2D eigenvalue weighted by Gasteiger charge is 2.13. The van der Waals surface area contributed by atoms with Gasteiger partial charge in [-0.25, -0.2) is 4.98 Å². The molecule has 22 heavy (non-hydrogen) atoms. The highest BCUT2D eigenvalue weighted by Crippen LogP contribution is 2.28. The van der Waals surface area contributed by atoms with Crippen molar-refractivity contribution in [2.75, 3.05) is 7.11 Å². The summed E-state index contributed by atoms with van der Waals surface area (Å²) in [4.78, 5) is 8.24. The summed E-state index contributed by atoms with van der Waals surface area (Å²) in [6.45, 7) is 1.96. The minimum absolute atomic E-state index is 0.263. The number of aryl methyl sites for hydroxylation is 1. The number of hydrogen-bond acceptors (Lipinski definition) is 5. The van der Waals surface area contributed by atoms with Gasteiger partial charge < -0.3 is 9.26 Å². The molecule has 0 aliphatic heterocycles. The molecule has 2 heterocycles. The van der Waals surface area contributed by atoms with Crippen molar-refractivity contribution in [3.63, 3.8) is 0 Å². The van der Waals surface area contributed by atoms with Crippen LogP contribution in [0.15, 0.2) is 34.9 Å². The number of pyridine rings is 1. The molecular weight excluding hydrogens is 325 g/mol. The lowest BCUT2D eigenvalue weighted by atomic mass is 10.1. The van der Waals surface area contributed by atoms with Gasteiger partial charge in [0.05, 0.1) is 7.11 Å². The molecule has 0 N–H and O–H groups in total. The summed E-state index contributed by atoms with van der Waals surface area (Å²) < 4.78 is 10.6. The van der Waals surface area contributed by atoms with E-state index >= 15 is 0 Å². The molecule has 0 aliphatic carbocycles. The van der Waals surface area contributed by atoms with E-state index in [4.69, 9.17) is 32.5 Å². The molecule has 2 aromatic heterocycles. The molecule has 3 rings (SSSR count). The van der Waals surface area contributed by atoms with Crippen LogP contribution in [0.5, 0.6) is 5.75 Å². The van der Waals surface area contributed by atoms with Gasteiger partial charge in [0.1, 0.15) is 16.1 Å². The maximum absolute atomic E-state index is 5.88. The van der Waals surface area contributed by atoms with E-state index in [1.807, 2.05) is 25.1 Å². The third-order valence-corrected chi connectivity index (χ3v) is 3.49. The van der Waals surface area contributed by atoms with Gasteiger partial charge in [0, 0.05) is 11.1 Å². The van der Waals surface area contributed by atoms with Crippen LogP contribution in [0.25, 0.3) is 22.8 Å². The first kappa shape index (κ1) is 14.8. The Morgan fingerprint density at radius 1 is 1.00 bits per heavy atom. The van der Waals surface area contributed by atoms with Crippen LogP contribution in [0.2, 0.25) is 10.3 Å². The van der Waals surface area contributed by atoms with Crippen LogP contribution >= 0.6 is 23.2 Å². The molecule has 0 bridgehead atoms. The molecule has 0 amide bonds. The highest BCUT2D eigenvalue weighted by molar-refractivity contribution is 6.32. The Morgan fingerprint density at radius 2 is 1.73 bits per heavy atom. The average Bonchev–Trinajstić information content (AvgIpc) is 2.96. The van der Waals surface area contributed by atoms with Gasteiger partial charge in [0.25, 0.3) is 5.89 Å². The molecule has 0 spiro atoms. The van der Waals surface area contributed by atoms with Crippen LogP contribution in [0.3, 0.4) is 0 Å². The van der Waals surface area contributed by atoms with Crippen LogP contribution in [-0.2, 0) is 0 Å². The first-order valence-corrected chi connectivity index (χ1v) is 7.14. The van der Waals surface area contributed by atoms with E-state index in [1.165, 1.54) is 0 Å². The number of halogens is 2. The predicted octanol–water partition coefficient (Wildman–Crippen LogP) is 4.42. The first-order valence-electron chi connectivity index (χ1n) is 6.39. The number of rotatable bonds is 3. The molecule has 0 saturated carbocycles. The van der Waals surface area contributed by atoms with Crippen molar-refractivity contribution in [1.82, 2.24) is 15.1 Å². The minimum atomic E-state index is 0.263. The van der Waals surface area contributed by atoms with Gasteiger partial charge in [-0.05, 0) is 30.7 Å². The Balaban J connectivity index is 2.00. The fourth-order valence-electron chi connectivity index (χ4n) is 2.01. The second kappa shape index (κ2) is 5.94. The van der Waals surface area contributed by atoms with Gasteiger partial charge >= 0.3 is 0 Å². The van der Waals surface area contributed by atoms with Crippen molar-refractivity contribution in [2.24, 2.45) is 0 Å². The largest absolute Gasteiger partial charge is 0.496 e. The summed E-state index contributed by atoms with van der Waals surface area (Å²) in [5, 5.41) is 4.51. The Morgan fingerprint density at radius 3 is 2.41 bits per heavy atom. The first-order chi connectivity index (χ1) is 10.6.